The molecule has 22 heavy (non-hydrogen) atoms. The quantitative estimate of drug-likeness (QED) is 0.369. The number of ether oxygens (including phenoxy) is 1. The fourth-order valence-electron chi connectivity index (χ4n) is 3.02. The fraction of sp³-hybridized carbons (Fsp3) is 0.923. The Kier molecular flexibility index (Phi) is 7.83. The number of guanidine groups is 1. The Balaban J connectivity index is 0.00000242. The Hall–Kier alpha value is -0.130. The van der Waals surface area contributed by atoms with Crippen molar-refractivity contribution in [2.24, 2.45) is 16.6 Å². The molecule has 3 N–H and O–H groups in total. The van der Waals surface area contributed by atoms with E-state index in [0.29, 0.717) is 19.1 Å². The third-order valence-electron chi connectivity index (χ3n) is 4.08. The van der Waals surface area contributed by atoms with Gasteiger partial charge >= 0.3 is 0 Å². The van der Waals surface area contributed by atoms with Crippen LogP contribution in [-0.4, -0.2) is 63.9 Å². The topological polar surface area (TPSA) is 97.0 Å². The van der Waals surface area contributed by atoms with Gasteiger partial charge in [0.2, 0.25) is 10.0 Å². The minimum Gasteiger partial charge on any atom is -0.375 e. The van der Waals surface area contributed by atoms with Crippen molar-refractivity contribution in [1.29, 1.82) is 0 Å². The Morgan fingerprint density at radius 3 is 2.82 bits per heavy atom. The fourth-order valence-corrected chi connectivity index (χ4v) is 3.88. The molecule has 0 aromatic carbocycles. The lowest BCUT2D eigenvalue weighted by molar-refractivity contribution is 0.00527. The molecule has 1 aliphatic carbocycles. The summed E-state index contributed by atoms with van der Waals surface area (Å²) in [7, 11) is -3.16. The van der Waals surface area contributed by atoms with Crippen LogP contribution in [0.3, 0.4) is 0 Å². The molecule has 0 spiro atoms. The third kappa shape index (κ3) is 6.17. The predicted molar refractivity (Wildman–Crippen MR) is 98.0 cm³/mol. The number of nitrogens with zero attached hydrogens (tertiary/aromatic N) is 2. The number of rotatable bonds is 4. The molecule has 2 rings (SSSR count). The Morgan fingerprint density at radius 1 is 1.45 bits per heavy atom. The van der Waals surface area contributed by atoms with Crippen molar-refractivity contribution in [1.82, 2.24) is 9.62 Å². The largest absolute Gasteiger partial charge is 0.375 e. The van der Waals surface area contributed by atoms with Gasteiger partial charge in [-0.1, -0.05) is 6.42 Å². The second-order valence-electron chi connectivity index (χ2n) is 6.01. The first kappa shape index (κ1) is 19.9. The summed E-state index contributed by atoms with van der Waals surface area (Å²) in [5.74, 6) is 0.770. The molecule has 0 aromatic heterocycles. The second-order valence-corrected chi connectivity index (χ2v) is 7.79. The van der Waals surface area contributed by atoms with Crippen LogP contribution < -0.4 is 10.5 Å². The van der Waals surface area contributed by atoms with Crippen molar-refractivity contribution in [2.45, 2.75) is 38.3 Å². The SMILES string of the molecule is CC1CN(C(N)=NCC2CCCC2NS(C)(=O)=O)CCO1.I. The minimum absolute atomic E-state index is 0. The van der Waals surface area contributed by atoms with Gasteiger partial charge in [-0.15, -0.1) is 24.0 Å². The Morgan fingerprint density at radius 2 is 2.18 bits per heavy atom. The average Bonchev–Trinajstić information content (AvgIpc) is 2.81. The van der Waals surface area contributed by atoms with E-state index in [1.165, 1.54) is 6.26 Å². The molecule has 1 heterocycles. The van der Waals surface area contributed by atoms with Crippen LogP contribution in [0.25, 0.3) is 0 Å². The van der Waals surface area contributed by atoms with Gasteiger partial charge in [-0.2, -0.15) is 0 Å². The van der Waals surface area contributed by atoms with Crippen molar-refractivity contribution >= 4 is 40.0 Å². The van der Waals surface area contributed by atoms with Gasteiger partial charge in [-0.25, -0.2) is 13.1 Å². The molecule has 0 bridgehead atoms. The summed E-state index contributed by atoms with van der Waals surface area (Å²) in [6.45, 7) is 4.77. The summed E-state index contributed by atoms with van der Waals surface area (Å²) < 4.78 is 30.9. The number of hydrogen-bond donors (Lipinski definition) is 2. The van der Waals surface area contributed by atoms with E-state index in [9.17, 15) is 8.42 Å². The van der Waals surface area contributed by atoms with Crippen LogP contribution in [0.15, 0.2) is 4.99 Å². The van der Waals surface area contributed by atoms with Crippen LogP contribution in [0.1, 0.15) is 26.2 Å². The van der Waals surface area contributed by atoms with E-state index in [-0.39, 0.29) is 42.0 Å². The van der Waals surface area contributed by atoms with Crippen LogP contribution in [0.4, 0.5) is 0 Å². The molecule has 9 heteroatoms. The molecule has 1 saturated heterocycles. The molecule has 0 aromatic rings. The molecule has 7 nitrogen and oxygen atoms in total. The molecule has 1 saturated carbocycles. The van der Waals surface area contributed by atoms with Gasteiger partial charge in [-0.3, -0.25) is 4.99 Å². The molecular formula is C13H27IN4O3S. The van der Waals surface area contributed by atoms with E-state index in [2.05, 4.69) is 9.71 Å². The smallest absolute Gasteiger partial charge is 0.208 e. The highest BCUT2D eigenvalue weighted by Crippen LogP contribution is 2.26. The van der Waals surface area contributed by atoms with Gasteiger partial charge in [0.15, 0.2) is 5.96 Å². The van der Waals surface area contributed by atoms with Gasteiger partial charge in [0.25, 0.3) is 0 Å². The standard InChI is InChI=1S/C13H26N4O3S.HI/c1-10-9-17(6-7-20-10)13(14)15-8-11-4-3-5-12(11)16-21(2,18)19;/h10-12,16H,3-9H2,1-2H3,(H2,14,15);1H. The van der Waals surface area contributed by atoms with E-state index < -0.39 is 10.0 Å². The number of aliphatic imine (C=N–C) groups is 1. The zero-order valence-electron chi connectivity index (χ0n) is 13.2. The lowest BCUT2D eigenvalue weighted by Crippen LogP contribution is -2.48. The van der Waals surface area contributed by atoms with Crippen LogP contribution in [0.5, 0.6) is 0 Å². The van der Waals surface area contributed by atoms with Crippen molar-refractivity contribution in [3.63, 3.8) is 0 Å². The predicted octanol–water partition coefficient (Wildman–Crippen LogP) is 0.358. The normalized spacial score (nSPS) is 30.2. The molecule has 2 aliphatic rings. The van der Waals surface area contributed by atoms with Crippen LogP contribution >= 0.6 is 24.0 Å². The first-order valence-corrected chi connectivity index (χ1v) is 9.38. The first-order chi connectivity index (χ1) is 9.85. The van der Waals surface area contributed by atoms with E-state index in [0.717, 1.165) is 32.4 Å². The summed E-state index contributed by atoms with van der Waals surface area (Å²) in [6.07, 6.45) is 4.26. The average molecular weight is 446 g/mol. The van der Waals surface area contributed by atoms with E-state index in [1.807, 2.05) is 11.8 Å². The van der Waals surface area contributed by atoms with Gasteiger partial charge in [0, 0.05) is 25.7 Å². The van der Waals surface area contributed by atoms with Gasteiger partial charge in [-0.05, 0) is 25.7 Å². The number of sulfonamides is 1. The number of halogens is 1. The van der Waals surface area contributed by atoms with Crippen molar-refractivity contribution in [3.05, 3.63) is 0 Å². The van der Waals surface area contributed by atoms with Crippen LogP contribution in [0.2, 0.25) is 0 Å². The maximum absolute atomic E-state index is 11.4. The molecule has 0 radical (unpaired) electrons. The summed E-state index contributed by atoms with van der Waals surface area (Å²) in [6, 6.07) is -0.0137. The molecule has 1 aliphatic heterocycles. The highest BCUT2D eigenvalue weighted by Gasteiger charge is 2.29. The zero-order valence-corrected chi connectivity index (χ0v) is 16.3. The van der Waals surface area contributed by atoms with Gasteiger partial charge in [0.1, 0.15) is 0 Å². The molecule has 3 unspecified atom stereocenters. The molecule has 2 fully saturated rings. The van der Waals surface area contributed by atoms with Crippen LogP contribution in [0, 0.1) is 5.92 Å². The van der Waals surface area contributed by atoms with Crippen LogP contribution in [-0.2, 0) is 14.8 Å². The van der Waals surface area contributed by atoms with Gasteiger partial charge < -0.3 is 15.4 Å². The van der Waals surface area contributed by atoms with Crippen molar-refractivity contribution < 1.29 is 13.2 Å². The maximum Gasteiger partial charge on any atom is 0.208 e. The summed E-state index contributed by atoms with van der Waals surface area (Å²) in [5.41, 5.74) is 6.04. The third-order valence-corrected chi connectivity index (χ3v) is 4.81. The lowest BCUT2D eigenvalue weighted by atomic mass is 10.1. The minimum atomic E-state index is -3.16. The lowest BCUT2D eigenvalue weighted by Gasteiger charge is -2.32. The number of nitrogens with two attached hydrogens (primary N) is 1. The maximum atomic E-state index is 11.4. The second kappa shape index (κ2) is 8.65. The zero-order chi connectivity index (χ0) is 15.5. The Labute approximate surface area is 150 Å². The number of hydrogen-bond acceptors (Lipinski definition) is 4. The summed E-state index contributed by atoms with van der Waals surface area (Å²) >= 11 is 0. The highest BCUT2D eigenvalue weighted by atomic mass is 127. The number of nitrogens with one attached hydrogen (secondary N) is 1. The number of morpholine rings is 1. The van der Waals surface area contributed by atoms with Gasteiger partial charge in [0.05, 0.1) is 19.0 Å². The highest BCUT2D eigenvalue weighted by molar-refractivity contribution is 14.0. The molecular weight excluding hydrogens is 419 g/mol. The van der Waals surface area contributed by atoms with E-state index in [1.54, 1.807) is 0 Å². The molecule has 130 valence electrons. The van der Waals surface area contributed by atoms with E-state index in [4.69, 9.17) is 10.5 Å². The summed E-state index contributed by atoms with van der Waals surface area (Å²) in [4.78, 5) is 6.50. The monoisotopic (exact) mass is 446 g/mol. The molecule has 0 amide bonds. The first-order valence-electron chi connectivity index (χ1n) is 7.49. The van der Waals surface area contributed by atoms with E-state index >= 15 is 0 Å². The summed E-state index contributed by atoms with van der Waals surface area (Å²) in [5, 5.41) is 0. The molecule has 3 atom stereocenters. The van der Waals surface area contributed by atoms with Crippen molar-refractivity contribution in [3.8, 4) is 0 Å². The Bertz CT molecular complexity index is 486. The van der Waals surface area contributed by atoms with Crippen molar-refractivity contribution in [2.75, 3.05) is 32.5 Å².